The molecule has 1 aromatic heterocycles. The summed E-state index contributed by atoms with van der Waals surface area (Å²) >= 11 is 1.37. The zero-order valence-electron chi connectivity index (χ0n) is 17.2. The van der Waals surface area contributed by atoms with E-state index < -0.39 is 10.0 Å². The second kappa shape index (κ2) is 9.51. The Morgan fingerprint density at radius 3 is 2.33 bits per heavy atom. The van der Waals surface area contributed by atoms with Crippen LogP contribution in [-0.4, -0.2) is 30.2 Å². The fourth-order valence-electron chi connectivity index (χ4n) is 2.86. The van der Waals surface area contributed by atoms with Gasteiger partial charge in [0.05, 0.1) is 10.6 Å². The highest BCUT2D eigenvalue weighted by atomic mass is 32.2. The summed E-state index contributed by atoms with van der Waals surface area (Å²) in [5.74, 6) is -0.0333. The van der Waals surface area contributed by atoms with Crippen molar-refractivity contribution in [2.24, 2.45) is 0 Å². The number of thiazole rings is 1. The Morgan fingerprint density at radius 2 is 1.77 bits per heavy atom. The van der Waals surface area contributed by atoms with E-state index in [1.54, 1.807) is 0 Å². The minimum Gasteiger partial charge on any atom is -0.298 e. The van der Waals surface area contributed by atoms with Crippen LogP contribution in [0.2, 0.25) is 0 Å². The number of aromatic nitrogens is 1. The standard InChI is InChI=1S/C22H25N3O3S2/c1-4-25(14-17-8-6-5-7-9-17)30(27,28)19-12-10-18(11-13-19)21(26)24-22-23-20(15-29-22)16(2)3/h5-13,15-16H,4,14H2,1-3H3,(H,23,24,26). The lowest BCUT2D eigenvalue weighted by Crippen LogP contribution is -2.30. The number of carbonyl (C=O) groups excluding carboxylic acids is 1. The van der Waals surface area contributed by atoms with E-state index in [4.69, 9.17) is 0 Å². The number of hydrogen-bond acceptors (Lipinski definition) is 5. The van der Waals surface area contributed by atoms with Gasteiger partial charge in [0, 0.05) is 24.0 Å². The highest BCUT2D eigenvalue weighted by Gasteiger charge is 2.23. The predicted molar refractivity (Wildman–Crippen MR) is 120 cm³/mol. The molecule has 3 aromatic rings. The molecule has 0 fully saturated rings. The number of anilines is 1. The Hall–Kier alpha value is -2.55. The van der Waals surface area contributed by atoms with Gasteiger partial charge in [0.25, 0.3) is 5.91 Å². The molecule has 0 spiro atoms. The third-order valence-corrected chi connectivity index (χ3v) is 7.35. The van der Waals surface area contributed by atoms with Crippen molar-refractivity contribution in [3.05, 3.63) is 76.8 Å². The molecule has 2 aromatic carbocycles. The van der Waals surface area contributed by atoms with Crippen LogP contribution in [0.25, 0.3) is 0 Å². The van der Waals surface area contributed by atoms with E-state index >= 15 is 0 Å². The predicted octanol–water partition coefficient (Wildman–Crippen LogP) is 4.73. The van der Waals surface area contributed by atoms with Crippen LogP contribution in [0.15, 0.2) is 64.9 Å². The van der Waals surface area contributed by atoms with E-state index in [0.29, 0.717) is 23.8 Å². The van der Waals surface area contributed by atoms with Gasteiger partial charge in [0.1, 0.15) is 0 Å². The van der Waals surface area contributed by atoms with Gasteiger partial charge in [0.15, 0.2) is 5.13 Å². The van der Waals surface area contributed by atoms with Crippen LogP contribution in [0.1, 0.15) is 48.3 Å². The molecule has 1 amide bonds. The lowest BCUT2D eigenvalue weighted by molar-refractivity contribution is 0.102. The number of hydrogen-bond donors (Lipinski definition) is 1. The summed E-state index contributed by atoms with van der Waals surface area (Å²) in [6, 6.07) is 15.5. The highest BCUT2D eigenvalue weighted by Crippen LogP contribution is 2.23. The van der Waals surface area contributed by atoms with Crippen LogP contribution >= 0.6 is 11.3 Å². The van der Waals surface area contributed by atoms with Gasteiger partial charge in [-0.3, -0.25) is 10.1 Å². The van der Waals surface area contributed by atoms with Crippen molar-refractivity contribution in [2.75, 3.05) is 11.9 Å². The van der Waals surface area contributed by atoms with Crippen molar-refractivity contribution in [1.82, 2.24) is 9.29 Å². The monoisotopic (exact) mass is 443 g/mol. The number of carbonyl (C=O) groups is 1. The Kier molecular flexibility index (Phi) is 7.02. The van der Waals surface area contributed by atoms with E-state index in [1.165, 1.54) is 39.9 Å². The van der Waals surface area contributed by atoms with Crippen molar-refractivity contribution in [3.8, 4) is 0 Å². The number of benzene rings is 2. The molecule has 0 saturated heterocycles. The van der Waals surface area contributed by atoms with Crippen molar-refractivity contribution in [1.29, 1.82) is 0 Å². The first-order chi connectivity index (χ1) is 14.3. The minimum atomic E-state index is -3.67. The van der Waals surface area contributed by atoms with Gasteiger partial charge >= 0.3 is 0 Å². The van der Waals surface area contributed by atoms with Crippen LogP contribution in [0.3, 0.4) is 0 Å². The van der Waals surface area contributed by atoms with Crippen LogP contribution in [-0.2, 0) is 16.6 Å². The molecule has 0 aliphatic rings. The topological polar surface area (TPSA) is 79.4 Å². The maximum atomic E-state index is 13.0. The lowest BCUT2D eigenvalue weighted by Gasteiger charge is -2.20. The van der Waals surface area contributed by atoms with E-state index in [-0.39, 0.29) is 16.7 Å². The first kappa shape index (κ1) is 22.1. The molecule has 6 nitrogen and oxygen atoms in total. The van der Waals surface area contributed by atoms with Gasteiger partial charge in [0.2, 0.25) is 10.0 Å². The summed E-state index contributed by atoms with van der Waals surface area (Å²) in [6.45, 7) is 6.53. The molecule has 0 unspecified atom stereocenters. The molecule has 0 bridgehead atoms. The SMILES string of the molecule is CCN(Cc1ccccc1)S(=O)(=O)c1ccc(C(=O)Nc2nc(C(C)C)cs2)cc1. The second-order valence-corrected chi connectivity index (χ2v) is 9.92. The summed E-state index contributed by atoms with van der Waals surface area (Å²) in [5, 5.41) is 5.21. The number of nitrogens with zero attached hydrogens (tertiary/aromatic N) is 2. The zero-order chi connectivity index (χ0) is 21.7. The normalized spacial score (nSPS) is 11.8. The van der Waals surface area contributed by atoms with E-state index in [0.717, 1.165) is 11.3 Å². The number of amides is 1. The Bertz CT molecular complexity index is 1090. The zero-order valence-corrected chi connectivity index (χ0v) is 18.8. The fourth-order valence-corrected chi connectivity index (χ4v) is 5.16. The van der Waals surface area contributed by atoms with Gasteiger partial charge in [-0.15, -0.1) is 11.3 Å². The third-order valence-electron chi connectivity index (χ3n) is 4.64. The third kappa shape index (κ3) is 5.13. The summed E-state index contributed by atoms with van der Waals surface area (Å²) < 4.78 is 27.5. The minimum absolute atomic E-state index is 0.160. The molecule has 158 valence electrons. The van der Waals surface area contributed by atoms with Gasteiger partial charge in [-0.05, 0) is 35.7 Å². The molecule has 0 saturated carbocycles. The molecule has 3 rings (SSSR count). The van der Waals surface area contributed by atoms with Crippen LogP contribution in [0.5, 0.6) is 0 Å². The highest BCUT2D eigenvalue weighted by molar-refractivity contribution is 7.89. The molecular formula is C22H25N3O3S2. The van der Waals surface area contributed by atoms with Crippen molar-refractivity contribution in [3.63, 3.8) is 0 Å². The second-order valence-electron chi connectivity index (χ2n) is 7.13. The number of nitrogens with one attached hydrogen (secondary N) is 1. The smallest absolute Gasteiger partial charge is 0.257 e. The molecule has 0 radical (unpaired) electrons. The van der Waals surface area contributed by atoms with Crippen molar-refractivity contribution >= 4 is 32.4 Å². The Morgan fingerprint density at radius 1 is 1.10 bits per heavy atom. The van der Waals surface area contributed by atoms with Crippen molar-refractivity contribution in [2.45, 2.75) is 38.1 Å². The Labute approximate surface area is 181 Å². The largest absolute Gasteiger partial charge is 0.298 e. The fraction of sp³-hybridized carbons (Fsp3) is 0.273. The average Bonchev–Trinajstić information content (AvgIpc) is 3.21. The number of sulfonamides is 1. The van der Waals surface area contributed by atoms with Crippen molar-refractivity contribution < 1.29 is 13.2 Å². The molecule has 1 N–H and O–H groups in total. The summed E-state index contributed by atoms with van der Waals surface area (Å²) in [6.07, 6.45) is 0. The van der Waals surface area contributed by atoms with Gasteiger partial charge in [-0.1, -0.05) is 51.1 Å². The molecule has 0 aliphatic heterocycles. The maximum Gasteiger partial charge on any atom is 0.257 e. The first-order valence-electron chi connectivity index (χ1n) is 9.72. The van der Waals surface area contributed by atoms with E-state index in [2.05, 4.69) is 10.3 Å². The average molecular weight is 444 g/mol. The summed E-state index contributed by atoms with van der Waals surface area (Å²) in [7, 11) is -3.67. The lowest BCUT2D eigenvalue weighted by atomic mass is 10.2. The van der Waals surface area contributed by atoms with Crippen LogP contribution < -0.4 is 5.32 Å². The first-order valence-corrected chi connectivity index (χ1v) is 12.0. The maximum absolute atomic E-state index is 13.0. The molecule has 1 heterocycles. The molecule has 30 heavy (non-hydrogen) atoms. The van der Waals surface area contributed by atoms with Gasteiger partial charge < -0.3 is 0 Å². The van der Waals surface area contributed by atoms with E-state index in [9.17, 15) is 13.2 Å². The Balaban J connectivity index is 1.73. The summed E-state index contributed by atoms with van der Waals surface area (Å²) in [4.78, 5) is 17.0. The van der Waals surface area contributed by atoms with E-state index in [1.807, 2.05) is 56.5 Å². The quantitative estimate of drug-likeness (QED) is 0.546. The summed E-state index contributed by atoms with van der Waals surface area (Å²) in [5.41, 5.74) is 2.22. The number of rotatable bonds is 8. The van der Waals surface area contributed by atoms with Gasteiger partial charge in [-0.25, -0.2) is 13.4 Å². The van der Waals surface area contributed by atoms with Gasteiger partial charge in [-0.2, -0.15) is 4.31 Å². The molecular weight excluding hydrogens is 418 g/mol. The van der Waals surface area contributed by atoms with Crippen LogP contribution in [0.4, 0.5) is 5.13 Å². The molecule has 8 heteroatoms. The van der Waals surface area contributed by atoms with Crippen LogP contribution in [0, 0.1) is 0 Å². The molecule has 0 atom stereocenters. The molecule has 0 aliphatic carbocycles.